The molecule has 0 spiro atoms. The maximum atomic E-state index is 12.4. The number of amides is 5. The number of imide groups is 2. The Morgan fingerprint density at radius 2 is 1.69 bits per heavy atom. The van der Waals surface area contributed by atoms with Crippen LogP contribution < -0.4 is 10.6 Å². The van der Waals surface area contributed by atoms with Crippen molar-refractivity contribution in [3.05, 3.63) is 35.4 Å². The normalized spacial score (nSPS) is 28.6. The molecule has 1 aromatic rings. The molecule has 190 valence electrons. The Morgan fingerprint density at radius 3 is 2.34 bits per heavy atom. The summed E-state index contributed by atoms with van der Waals surface area (Å²) < 4.78 is 5.86. The third-order valence-corrected chi connectivity index (χ3v) is 6.85. The van der Waals surface area contributed by atoms with Crippen LogP contribution in [0.5, 0.6) is 0 Å². The van der Waals surface area contributed by atoms with Crippen molar-refractivity contribution in [3.63, 3.8) is 0 Å². The Morgan fingerprint density at radius 1 is 1.03 bits per heavy atom. The number of rotatable bonds is 10. The van der Waals surface area contributed by atoms with Crippen LogP contribution in [0, 0.1) is 5.92 Å². The van der Waals surface area contributed by atoms with Crippen molar-refractivity contribution < 1.29 is 34.1 Å². The number of hydrogen-bond donors (Lipinski definition) is 4. The van der Waals surface area contributed by atoms with Gasteiger partial charge in [0.1, 0.15) is 18.4 Å². The second-order valence-electron chi connectivity index (χ2n) is 9.30. The Kier molecular flexibility index (Phi) is 7.80. The van der Waals surface area contributed by atoms with Crippen LogP contribution in [0.2, 0.25) is 0 Å². The smallest absolute Gasteiger partial charge is 0.325 e. The highest BCUT2D eigenvalue weighted by molar-refractivity contribution is 6.21. The lowest BCUT2D eigenvalue weighted by Crippen LogP contribution is -2.62. The summed E-state index contributed by atoms with van der Waals surface area (Å²) in [5.41, 5.74) is 0.906. The minimum Gasteiger partial charge on any atom is -0.395 e. The van der Waals surface area contributed by atoms with Crippen molar-refractivity contribution in [1.29, 1.82) is 0 Å². The lowest BCUT2D eigenvalue weighted by atomic mass is 10.1. The van der Waals surface area contributed by atoms with E-state index in [4.69, 9.17) is 4.74 Å². The molecule has 0 radical (unpaired) electrons. The maximum absolute atomic E-state index is 12.4. The highest BCUT2D eigenvalue weighted by Gasteiger charge is 2.48. The van der Waals surface area contributed by atoms with E-state index in [-0.39, 0.29) is 30.9 Å². The summed E-state index contributed by atoms with van der Waals surface area (Å²) in [6, 6.07) is 5.69. The van der Waals surface area contributed by atoms with Crippen LogP contribution in [-0.4, -0.2) is 94.5 Å². The number of carbonyl (C=O) groups excluding carboxylic acids is 4. The number of fused-ring (bicyclic) bond motifs is 1. The molecule has 2 unspecified atom stereocenters. The van der Waals surface area contributed by atoms with Crippen molar-refractivity contribution in [2.75, 3.05) is 26.3 Å². The molecule has 11 heteroatoms. The SMILES string of the molecule is CC1CN([C@@H]2N[C@H](CO)C(OCCCCCCN3C(=O)c4ccccc4C3=O)[C@@H]2O)C(=O)NC1=O. The molecule has 0 bridgehead atoms. The summed E-state index contributed by atoms with van der Waals surface area (Å²) in [4.78, 5) is 51.4. The van der Waals surface area contributed by atoms with E-state index >= 15 is 0 Å². The quantitative estimate of drug-likeness (QED) is 0.267. The van der Waals surface area contributed by atoms with Crippen LogP contribution in [0.4, 0.5) is 4.79 Å². The number of benzene rings is 1. The third-order valence-electron chi connectivity index (χ3n) is 6.85. The highest BCUT2D eigenvalue weighted by Crippen LogP contribution is 2.25. The van der Waals surface area contributed by atoms with Crippen LogP contribution in [0.1, 0.15) is 53.3 Å². The average Bonchev–Trinajstić information content (AvgIpc) is 3.29. The Balaban J connectivity index is 1.18. The number of hydrogen-bond acceptors (Lipinski definition) is 8. The van der Waals surface area contributed by atoms with E-state index in [1.165, 1.54) is 9.80 Å². The second kappa shape index (κ2) is 10.8. The maximum Gasteiger partial charge on any atom is 0.325 e. The van der Waals surface area contributed by atoms with Crippen molar-refractivity contribution in [3.8, 4) is 0 Å². The summed E-state index contributed by atoms with van der Waals surface area (Å²) in [5.74, 6) is -1.26. The van der Waals surface area contributed by atoms with Crippen molar-refractivity contribution in [1.82, 2.24) is 20.4 Å². The molecule has 3 aliphatic heterocycles. The molecule has 2 saturated heterocycles. The van der Waals surface area contributed by atoms with Gasteiger partial charge in [-0.05, 0) is 25.0 Å². The highest BCUT2D eigenvalue weighted by atomic mass is 16.5. The number of aliphatic hydroxyl groups is 2. The Labute approximate surface area is 203 Å². The number of carbonyl (C=O) groups is 4. The number of aliphatic hydroxyl groups excluding tert-OH is 2. The lowest BCUT2D eigenvalue weighted by Gasteiger charge is -2.36. The van der Waals surface area contributed by atoms with E-state index in [9.17, 15) is 29.4 Å². The number of urea groups is 1. The largest absolute Gasteiger partial charge is 0.395 e. The van der Waals surface area contributed by atoms with Gasteiger partial charge in [0.15, 0.2) is 0 Å². The van der Waals surface area contributed by atoms with Crippen molar-refractivity contribution in [2.24, 2.45) is 5.92 Å². The molecule has 35 heavy (non-hydrogen) atoms. The number of unbranched alkanes of at least 4 members (excludes halogenated alkanes) is 3. The molecule has 1 aromatic carbocycles. The van der Waals surface area contributed by atoms with Gasteiger partial charge < -0.3 is 19.8 Å². The Bertz CT molecular complexity index is 951. The minimum atomic E-state index is -1.06. The molecule has 5 atom stereocenters. The zero-order valence-corrected chi connectivity index (χ0v) is 19.7. The second-order valence-corrected chi connectivity index (χ2v) is 9.30. The molecule has 0 aromatic heterocycles. The summed E-state index contributed by atoms with van der Waals surface area (Å²) in [6.07, 6.45) is 0.448. The number of ether oxygens (including phenoxy) is 1. The van der Waals surface area contributed by atoms with E-state index in [0.29, 0.717) is 37.1 Å². The fourth-order valence-corrected chi connectivity index (χ4v) is 4.86. The van der Waals surface area contributed by atoms with Gasteiger partial charge in [-0.1, -0.05) is 31.9 Å². The summed E-state index contributed by atoms with van der Waals surface area (Å²) in [7, 11) is 0. The first-order chi connectivity index (χ1) is 16.8. The van der Waals surface area contributed by atoms with Gasteiger partial charge in [0.25, 0.3) is 11.8 Å². The van der Waals surface area contributed by atoms with Gasteiger partial charge in [-0.3, -0.25) is 29.9 Å². The molecule has 0 saturated carbocycles. The molecular weight excluding hydrogens is 456 g/mol. The average molecular weight is 489 g/mol. The first-order valence-corrected chi connectivity index (χ1v) is 12.1. The fraction of sp³-hybridized carbons (Fsp3) is 0.583. The van der Waals surface area contributed by atoms with Crippen LogP contribution in [0.25, 0.3) is 0 Å². The zero-order valence-electron chi connectivity index (χ0n) is 19.7. The van der Waals surface area contributed by atoms with Gasteiger partial charge in [0.2, 0.25) is 5.91 Å². The summed E-state index contributed by atoms with van der Waals surface area (Å²) >= 11 is 0. The molecular formula is C24H32N4O7. The molecule has 5 amide bonds. The number of nitrogens with zero attached hydrogens (tertiary/aromatic N) is 2. The van der Waals surface area contributed by atoms with E-state index in [0.717, 1.165) is 12.8 Å². The molecule has 4 N–H and O–H groups in total. The van der Waals surface area contributed by atoms with E-state index in [1.807, 2.05) is 0 Å². The summed E-state index contributed by atoms with van der Waals surface area (Å²) in [6.45, 7) is 2.30. The molecule has 3 aliphatic rings. The van der Waals surface area contributed by atoms with Crippen LogP contribution in [0.3, 0.4) is 0 Å². The van der Waals surface area contributed by atoms with E-state index in [1.54, 1.807) is 31.2 Å². The van der Waals surface area contributed by atoms with Crippen LogP contribution >= 0.6 is 0 Å². The molecule has 11 nitrogen and oxygen atoms in total. The monoisotopic (exact) mass is 488 g/mol. The molecule has 0 aliphatic carbocycles. The van der Waals surface area contributed by atoms with E-state index in [2.05, 4.69) is 10.6 Å². The van der Waals surface area contributed by atoms with Gasteiger partial charge in [0, 0.05) is 19.7 Å². The fourth-order valence-electron chi connectivity index (χ4n) is 4.86. The minimum absolute atomic E-state index is 0.164. The molecule has 2 fully saturated rings. The van der Waals surface area contributed by atoms with Crippen molar-refractivity contribution in [2.45, 2.75) is 57.0 Å². The first-order valence-electron chi connectivity index (χ1n) is 12.1. The Hall–Kier alpha value is -2.86. The predicted molar refractivity (Wildman–Crippen MR) is 123 cm³/mol. The van der Waals surface area contributed by atoms with Crippen LogP contribution in [0.15, 0.2) is 24.3 Å². The summed E-state index contributed by atoms with van der Waals surface area (Å²) in [5, 5.41) is 25.8. The topological polar surface area (TPSA) is 149 Å². The predicted octanol–water partition coefficient (Wildman–Crippen LogP) is 0.0672. The van der Waals surface area contributed by atoms with Crippen molar-refractivity contribution >= 4 is 23.8 Å². The zero-order chi connectivity index (χ0) is 25.1. The lowest BCUT2D eigenvalue weighted by molar-refractivity contribution is -0.126. The van der Waals surface area contributed by atoms with Gasteiger partial charge in [0.05, 0.1) is 29.7 Å². The molecule has 3 heterocycles. The third kappa shape index (κ3) is 5.08. The van der Waals surface area contributed by atoms with E-state index < -0.39 is 36.4 Å². The first kappa shape index (κ1) is 25.2. The standard InChI is InChI=1S/C24H32N4O7/c1-14-12-28(24(34)26-21(14)31)20-18(30)19(17(13-29)25-20)35-11-7-3-2-6-10-27-22(32)15-8-4-5-9-16(15)23(27)33/h4-5,8-9,14,17-20,25,29-30H,2-3,6-7,10-13H2,1H3,(H,26,31,34)/t14?,17-,18+,19?,20+/m1/s1. The molecule has 4 rings (SSSR count). The van der Waals surface area contributed by atoms with Crippen LogP contribution in [-0.2, 0) is 9.53 Å². The number of nitrogens with one attached hydrogen (secondary N) is 2. The van der Waals surface area contributed by atoms with Gasteiger partial charge in [-0.25, -0.2) is 4.79 Å². The van der Waals surface area contributed by atoms with Gasteiger partial charge in [-0.15, -0.1) is 0 Å². The van der Waals surface area contributed by atoms with Gasteiger partial charge in [-0.2, -0.15) is 0 Å². The van der Waals surface area contributed by atoms with Gasteiger partial charge >= 0.3 is 6.03 Å².